The Morgan fingerprint density at radius 3 is 2.88 bits per heavy atom. The van der Waals surface area contributed by atoms with Gasteiger partial charge in [-0.2, -0.15) is 4.68 Å². The summed E-state index contributed by atoms with van der Waals surface area (Å²) < 4.78 is 1.45. The zero-order valence-electron chi connectivity index (χ0n) is 8.87. The number of aryl methyl sites for hydroxylation is 1. The van der Waals surface area contributed by atoms with Crippen LogP contribution in [0, 0.1) is 17.0 Å². The summed E-state index contributed by atoms with van der Waals surface area (Å²) in [5, 5.41) is 21.7. The maximum absolute atomic E-state index is 10.7. The van der Waals surface area contributed by atoms with Gasteiger partial charge in [-0.3, -0.25) is 10.1 Å². The van der Waals surface area contributed by atoms with Crippen LogP contribution in [0.1, 0.15) is 11.4 Å². The molecule has 1 aromatic heterocycles. The van der Waals surface area contributed by atoms with Crippen LogP contribution in [0.4, 0.5) is 5.69 Å². The van der Waals surface area contributed by atoms with Gasteiger partial charge in [-0.05, 0) is 29.5 Å². The molecule has 2 rings (SSSR count). The van der Waals surface area contributed by atoms with E-state index in [1.807, 2.05) is 0 Å². The Labute approximate surface area is 101 Å². The van der Waals surface area contributed by atoms with E-state index in [-0.39, 0.29) is 11.6 Å². The molecule has 0 atom stereocenters. The molecule has 0 unspecified atom stereocenters. The van der Waals surface area contributed by atoms with Crippen molar-refractivity contribution in [1.82, 2.24) is 20.2 Å². The number of hydrogen-bond acceptors (Lipinski definition) is 5. The lowest BCUT2D eigenvalue weighted by atomic mass is 10.2. The number of benzene rings is 1. The molecular formula is C9H8ClN5O2. The van der Waals surface area contributed by atoms with Gasteiger partial charge < -0.3 is 0 Å². The van der Waals surface area contributed by atoms with Crippen LogP contribution in [0.25, 0.3) is 5.69 Å². The molecule has 0 saturated carbocycles. The predicted molar refractivity (Wildman–Crippen MR) is 60.1 cm³/mol. The van der Waals surface area contributed by atoms with Gasteiger partial charge in [0.2, 0.25) is 0 Å². The Morgan fingerprint density at radius 1 is 1.53 bits per heavy atom. The average molecular weight is 254 g/mol. The van der Waals surface area contributed by atoms with Gasteiger partial charge in [0.05, 0.1) is 16.5 Å². The first kappa shape index (κ1) is 11.5. The predicted octanol–water partition coefficient (Wildman–Crippen LogP) is 1.62. The van der Waals surface area contributed by atoms with E-state index in [1.165, 1.54) is 10.7 Å². The number of alkyl halides is 1. The van der Waals surface area contributed by atoms with Crippen molar-refractivity contribution in [2.75, 3.05) is 0 Å². The summed E-state index contributed by atoms with van der Waals surface area (Å²) in [6.45, 7) is 1.66. The first-order valence-corrected chi connectivity index (χ1v) is 5.25. The van der Waals surface area contributed by atoms with E-state index in [2.05, 4.69) is 15.5 Å². The monoisotopic (exact) mass is 253 g/mol. The molecule has 0 spiro atoms. The van der Waals surface area contributed by atoms with E-state index >= 15 is 0 Å². The first-order valence-electron chi connectivity index (χ1n) is 4.72. The summed E-state index contributed by atoms with van der Waals surface area (Å²) in [4.78, 5) is 10.3. The van der Waals surface area contributed by atoms with Crippen molar-refractivity contribution in [1.29, 1.82) is 0 Å². The van der Waals surface area contributed by atoms with Crippen LogP contribution in [0.2, 0.25) is 0 Å². The molecule has 0 aliphatic rings. The zero-order chi connectivity index (χ0) is 12.4. The molecule has 2 aromatic rings. The number of nitro groups is 1. The summed E-state index contributed by atoms with van der Waals surface area (Å²) in [6.07, 6.45) is 0. The number of hydrogen-bond donors (Lipinski definition) is 0. The fraction of sp³-hybridized carbons (Fsp3) is 0.222. The van der Waals surface area contributed by atoms with Crippen LogP contribution >= 0.6 is 11.6 Å². The van der Waals surface area contributed by atoms with E-state index in [1.54, 1.807) is 19.1 Å². The maximum atomic E-state index is 10.7. The zero-order valence-corrected chi connectivity index (χ0v) is 9.63. The first-order chi connectivity index (χ1) is 8.13. The van der Waals surface area contributed by atoms with Crippen LogP contribution in [0.15, 0.2) is 18.2 Å². The quantitative estimate of drug-likeness (QED) is 0.471. The molecule has 0 radical (unpaired) electrons. The number of halogens is 1. The highest BCUT2D eigenvalue weighted by Crippen LogP contribution is 2.21. The highest BCUT2D eigenvalue weighted by molar-refractivity contribution is 6.16. The highest BCUT2D eigenvalue weighted by Gasteiger charge is 2.13. The van der Waals surface area contributed by atoms with Crippen molar-refractivity contribution in [3.8, 4) is 5.69 Å². The molecule has 1 aromatic carbocycles. The standard InChI is InChI=1S/C9H8ClN5O2/c1-6-4-7(2-3-8(6)15(16)17)14-9(5-10)11-12-13-14/h2-4H,5H2,1H3. The molecule has 1 heterocycles. The third-order valence-corrected chi connectivity index (χ3v) is 2.51. The summed E-state index contributed by atoms with van der Waals surface area (Å²) in [7, 11) is 0. The minimum absolute atomic E-state index is 0.0641. The van der Waals surface area contributed by atoms with Crippen molar-refractivity contribution in [3.63, 3.8) is 0 Å². The van der Waals surface area contributed by atoms with Crippen molar-refractivity contribution in [2.45, 2.75) is 12.8 Å². The van der Waals surface area contributed by atoms with Gasteiger partial charge in [0.15, 0.2) is 5.82 Å². The fourth-order valence-electron chi connectivity index (χ4n) is 1.47. The van der Waals surface area contributed by atoms with Gasteiger partial charge in [0.1, 0.15) is 0 Å². The molecule has 0 fully saturated rings. The van der Waals surface area contributed by atoms with E-state index in [0.717, 1.165) is 0 Å². The summed E-state index contributed by atoms with van der Waals surface area (Å²) in [5.41, 5.74) is 1.26. The lowest BCUT2D eigenvalue weighted by Crippen LogP contribution is -2.02. The Morgan fingerprint density at radius 2 is 2.29 bits per heavy atom. The van der Waals surface area contributed by atoms with E-state index < -0.39 is 4.92 Å². The van der Waals surface area contributed by atoms with E-state index in [0.29, 0.717) is 17.1 Å². The Kier molecular flexibility index (Phi) is 3.01. The van der Waals surface area contributed by atoms with Crippen LogP contribution in [-0.2, 0) is 5.88 Å². The third kappa shape index (κ3) is 2.09. The van der Waals surface area contributed by atoms with Crippen molar-refractivity contribution >= 4 is 17.3 Å². The number of aromatic nitrogens is 4. The van der Waals surface area contributed by atoms with Gasteiger partial charge in [0.25, 0.3) is 5.69 Å². The average Bonchev–Trinajstić information content (AvgIpc) is 2.76. The van der Waals surface area contributed by atoms with Gasteiger partial charge in [-0.25, -0.2) is 0 Å². The smallest absolute Gasteiger partial charge is 0.258 e. The fourth-order valence-corrected chi connectivity index (χ4v) is 1.63. The van der Waals surface area contributed by atoms with Crippen molar-refractivity contribution < 1.29 is 4.92 Å². The SMILES string of the molecule is Cc1cc(-n2nnnc2CCl)ccc1[N+](=O)[O-]. The number of tetrazole rings is 1. The topological polar surface area (TPSA) is 86.7 Å². The molecule has 0 aliphatic carbocycles. The maximum Gasteiger partial charge on any atom is 0.272 e. The molecule has 0 amide bonds. The van der Waals surface area contributed by atoms with Gasteiger partial charge in [0, 0.05) is 11.6 Å². The van der Waals surface area contributed by atoms with Crippen LogP contribution in [0.5, 0.6) is 0 Å². The highest BCUT2D eigenvalue weighted by atomic mass is 35.5. The second-order valence-corrected chi connectivity index (χ2v) is 3.64. The number of nitrogens with zero attached hydrogens (tertiary/aromatic N) is 5. The minimum atomic E-state index is -0.429. The minimum Gasteiger partial charge on any atom is -0.258 e. The molecule has 7 nitrogen and oxygen atoms in total. The van der Waals surface area contributed by atoms with Gasteiger partial charge >= 0.3 is 0 Å². The number of nitro benzene ring substituents is 1. The molecule has 0 bridgehead atoms. The van der Waals surface area contributed by atoms with E-state index in [4.69, 9.17) is 11.6 Å². The third-order valence-electron chi connectivity index (χ3n) is 2.28. The second-order valence-electron chi connectivity index (χ2n) is 3.37. The van der Waals surface area contributed by atoms with Crippen molar-refractivity contribution in [2.24, 2.45) is 0 Å². The molecule has 17 heavy (non-hydrogen) atoms. The van der Waals surface area contributed by atoms with Crippen LogP contribution < -0.4 is 0 Å². The largest absolute Gasteiger partial charge is 0.272 e. The normalized spacial score (nSPS) is 10.5. The van der Waals surface area contributed by atoms with Crippen LogP contribution in [-0.4, -0.2) is 25.1 Å². The van der Waals surface area contributed by atoms with Crippen molar-refractivity contribution in [3.05, 3.63) is 39.7 Å². The van der Waals surface area contributed by atoms with Crippen LogP contribution in [0.3, 0.4) is 0 Å². The molecule has 8 heteroatoms. The van der Waals surface area contributed by atoms with Gasteiger partial charge in [-0.15, -0.1) is 16.7 Å². The molecule has 0 N–H and O–H groups in total. The molecule has 0 saturated heterocycles. The number of rotatable bonds is 3. The molecule has 88 valence electrons. The summed E-state index contributed by atoms with van der Waals surface area (Å²) in [5.74, 6) is 0.656. The Hall–Kier alpha value is -2.02. The molecular weight excluding hydrogens is 246 g/mol. The Balaban J connectivity index is 2.48. The van der Waals surface area contributed by atoms with Gasteiger partial charge in [-0.1, -0.05) is 0 Å². The lowest BCUT2D eigenvalue weighted by molar-refractivity contribution is -0.385. The molecule has 0 aliphatic heterocycles. The summed E-state index contributed by atoms with van der Waals surface area (Å²) >= 11 is 5.67. The lowest BCUT2D eigenvalue weighted by Gasteiger charge is -2.03. The van der Waals surface area contributed by atoms with E-state index in [9.17, 15) is 10.1 Å². The Bertz CT molecular complexity index is 568. The summed E-state index contributed by atoms with van der Waals surface area (Å²) in [6, 6.07) is 4.65. The second kappa shape index (κ2) is 4.46.